The van der Waals surface area contributed by atoms with E-state index in [9.17, 15) is 22.0 Å². The maximum Gasteiger partial charge on any atom is 0.238 e. The summed E-state index contributed by atoms with van der Waals surface area (Å²) in [5.41, 5.74) is 1.60. The SMILES string of the molecule is CC(=O)N1CCO[C@@H](Cn2c(-c3c(F)cc(S(N)(=O)=O)cc3F)nc3cc(C)ccc32)C1. The number of nitrogens with zero attached hydrogens (tertiary/aromatic N) is 3. The maximum absolute atomic E-state index is 15.0. The Morgan fingerprint density at radius 3 is 2.56 bits per heavy atom. The molecule has 32 heavy (non-hydrogen) atoms. The summed E-state index contributed by atoms with van der Waals surface area (Å²) >= 11 is 0. The molecule has 1 aliphatic heterocycles. The molecule has 2 heterocycles. The van der Waals surface area contributed by atoms with Gasteiger partial charge in [0.2, 0.25) is 15.9 Å². The van der Waals surface area contributed by atoms with Crippen LogP contribution in [0, 0.1) is 18.6 Å². The van der Waals surface area contributed by atoms with E-state index >= 15 is 0 Å². The van der Waals surface area contributed by atoms with Crippen LogP contribution in [-0.2, 0) is 26.1 Å². The van der Waals surface area contributed by atoms with Crippen LogP contribution in [0.15, 0.2) is 35.2 Å². The minimum absolute atomic E-state index is 0.00915. The average Bonchev–Trinajstić information content (AvgIpc) is 3.04. The van der Waals surface area contributed by atoms with Crippen molar-refractivity contribution in [1.29, 1.82) is 0 Å². The van der Waals surface area contributed by atoms with Crippen LogP contribution >= 0.6 is 0 Å². The Bertz CT molecular complexity index is 1300. The minimum Gasteiger partial charge on any atom is -0.373 e. The fraction of sp³-hybridized carbons (Fsp3) is 0.333. The van der Waals surface area contributed by atoms with Gasteiger partial charge in [-0.1, -0.05) is 6.07 Å². The minimum atomic E-state index is -4.29. The Balaban J connectivity index is 1.85. The zero-order valence-electron chi connectivity index (χ0n) is 17.5. The second-order valence-electron chi connectivity index (χ2n) is 7.80. The fourth-order valence-corrected chi connectivity index (χ4v) is 4.40. The number of carbonyl (C=O) groups is 1. The molecule has 1 aromatic heterocycles. The zero-order valence-corrected chi connectivity index (χ0v) is 18.3. The monoisotopic (exact) mass is 464 g/mol. The van der Waals surface area contributed by atoms with Gasteiger partial charge in [0.25, 0.3) is 0 Å². The third kappa shape index (κ3) is 4.23. The molecule has 1 amide bonds. The fourth-order valence-electron chi connectivity index (χ4n) is 3.86. The third-order valence-corrected chi connectivity index (χ3v) is 6.33. The van der Waals surface area contributed by atoms with E-state index < -0.39 is 38.2 Å². The number of aromatic nitrogens is 2. The molecule has 11 heteroatoms. The smallest absolute Gasteiger partial charge is 0.238 e. The van der Waals surface area contributed by atoms with Gasteiger partial charge in [0.05, 0.1) is 40.7 Å². The summed E-state index contributed by atoms with van der Waals surface area (Å²) < 4.78 is 60.5. The molecule has 3 aromatic rings. The van der Waals surface area contributed by atoms with E-state index in [1.54, 1.807) is 21.6 Å². The van der Waals surface area contributed by atoms with E-state index in [0.717, 1.165) is 5.56 Å². The molecular formula is C21H22F2N4O4S. The molecule has 2 aromatic carbocycles. The predicted octanol–water partition coefficient (Wildman–Crippen LogP) is 2.18. The summed E-state index contributed by atoms with van der Waals surface area (Å²) in [4.78, 5) is 17.2. The molecule has 0 radical (unpaired) electrons. The molecule has 0 bridgehead atoms. The highest BCUT2D eigenvalue weighted by molar-refractivity contribution is 7.89. The number of hydrogen-bond donors (Lipinski definition) is 1. The van der Waals surface area contributed by atoms with Crippen molar-refractivity contribution in [3.05, 3.63) is 47.5 Å². The second kappa shape index (κ2) is 8.23. The highest BCUT2D eigenvalue weighted by Crippen LogP contribution is 2.32. The molecule has 0 unspecified atom stereocenters. The summed E-state index contributed by atoms with van der Waals surface area (Å²) in [6.07, 6.45) is -0.417. The van der Waals surface area contributed by atoms with Gasteiger partial charge >= 0.3 is 0 Å². The Morgan fingerprint density at radius 1 is 1.25 bits per heavy atom. The lowest BCUT2D eigenvalue weighted by Gasteiger charge is -2.32. The number of primary sulfonamides is 1. The number of morpholine rings is 1. The Hall–Kier alpha value is -2.89. The van der Waals surface area contributed by atoms with Gasteiger partial charge in [-0.05, 0) is 36.8 Å². The van der Waals surface area contributed by atoms with Crippen LogP contribution < -0.4 is 5.14 Å². The lowest BCUT2D eigenvalue weighted by molar-refractivity contribution is -0.136. The number of sulfonamides is 1. The number of benzene rings is 2. The molecule has 2 N–H and O–H groups in total. The molecule has 1 fully saturated rings. The molecule has 8 nitrogen and oxygen atoms in total. The van der Waals surface area contributed by atoms with Crippen molar-refractivity contribution in [3.8, 4) is 11.4 Å². The molecule has 1 aliphatic rings. The number of imidazole rings is 1. The van der Waals surface area contributed by atoms with E-state index in [1.165, 1.54) is 6.92 Å². The number of nitrogens with two attached hydrogens (primary N) is 1. The number of hydrogen-bond acceptors (Lipinski definition) is 5. The first-order valence-electron chi connectivity index (χ1n) is 9.91. The number of aryl methyl sites for hydroxylation is 1. The van der Waals surface area contributed by atoms with Crippen LogP contribution in [-0.4, -0.2) is 54.6 Å². The van der Waals surface area contributed by atoms with Crippen molar-refractivity contribution in [2.24, 2.45) is 5.14 Å². The van der Waals surface area contributed by atoms with Crippen LogP contribution in [0.5, 0.6) is 0 Å². The first-order chi connectivity index (χ1) is 15.0. The summed E-state index contributed by atoms with van der Waals surface area (Å²) in [7, 11) is -4.29. The Labute approximate surface area is 183 Å². The Morgan fingerprint density at radius 2 is 1.94 bits per heavy atom. The molecule has 0 spiro atoms. The molecule has 1 atom stereocenters. The van der Waals surface area contributed by atoms with Crippen molar-refractivity contribution >= 4 is 27.0 Å². The van der Waals surface area contributed by atoms with Gasteiger partial charge < -0.3 is 14.2 Å². The van der Waals surface area contributed by atoms with Gasteiger partial charge in [-0.2, -0.15) is 0 Å². The van der Waals surface area contributed by atoms with Crippen LogP contribution in [0.3, 0.4) is 0 Å². The van der Waals surface area contributed by atoms with Gasteiger partial charge in [-0.3, -0.25) is 4.79 Å². The molecule has 1 saturated heterocycles. The number of fused-ring (bicyclic) bond motifs is 1. The van der Waals surface area contributed by atoms with Gasteiger partial charge in [-0.25, -0.2) is 27.3 Å². The van der Waals surface area contributed by atoms with Gasteiger partial charge in [-0.15, -0.1) is 0 Å². The molecule has 0 aliphatic carbocycles. The van der Waals surface area contributed by atoms with E-state index in [1.807, 2.05) is 13.0 Å². The summed E-state index contributed by atoms with van der Waals surface area (Å²) in [5, 5.41) is 5.02. The Kier molecular flexibility index (Phi) is 5.74. The largest absolute Gasteiger partial charge is 0.373 e. The average molecular weight is 464 g/mol. The van der Waals surface area contributed by atoms with Crippen LogP contribution in [0.1, 0.15) is 12.5 Å². The molecular weight excluding hydrogens is 442 g/mol. The van der Waals surface area contributed by atoms with Crippen molar-refractivity contribution in [3.63, 3.8) is 0 Å². The highest BCUT2D eigenvalue weighted by Gasteiger charge is 2.27. The molecule has 170 valence electrons. The highest BCUT2D eigenvalue weighted by atomic mass is 32.2. The first kappa shape index (κ1) is 22.3. The quantitative estimate of drug-likeness (QED) is 0.637. The first-order valence-corrected chi connectivity index (χ1v) is 11.5. The van der Waals surface area contributed by atoms with Crippen molar-refractivity contribution in [2.75, 3.05) is 19.7 Å². The van der Waals surface area contributed by atoms with Crippen molar-refractivity contribution < 1.29 is 26.7 Å². The number of ether oxygens (including phenoxy) is 1. The van der Waals surface area contributed by atoms with Crippen molar-refractivity contribution in [1.82, 2.24) is 14.5 Å². The van der Waals surface area contributed by atoms with Gasteiger partial charge in [0.1, 0.15) is 17.5 Å². The molecule has 0 saturated carbocycles. The van der Waals surface area contributed by atoms with Crippen LogP contribution in [0.25, 0.3) is 22.4 Å². The summed E-state index contributed by atoms with van der Waals surface area (Å²) in [5.74, 6) is -2.29. The van der Waals surface area contributed by atoms with Gasteiger partial charge in [0.15, 0.2) is 0 Å². The topological polar surface area (TPSA) is 108 Å². The van der Waals surface area contributed by atoms with E-state index in [0.29, 0.717) is 42.9 Å². The summed E-state index contributed by atoms with van der Waals surface area (Å²) in [6, 6.07) is 6.79. The van der Waals surface area contributed by atoms with Crippen LogP contribution in [0.2, 0.25) is 0 Å². The summed E-state index contributed by atoms with van der Waals surface area (Å²) in [6.45, 7) is 4.68. The lowest BCUT2D eigenvalue weighted by atomic mass is 10.1. The lowest BCUT2D eigenvalue weighted by Crippen LogP contribution is -2.46. The van der Waals surface area contributed by atoms with Crippen molar-refractivity contribution in [2.45, 2.75) is 31.4 Å². The van der Waals surface area contributed by atoms with E-state index in [-0.39, 0.29) is 18.3 Å². The molecule has 4 rings (SSSR count). The number of halogens is 2. The van der Waals surface area contributed by atoms with Crippen LogP contribution in [0.4, 0.5) is 8.78 Å². The standard InChI is InChI=1S/C21H22F2N4O4S/c1-12-3-4-19-18(7-12)25-21(20-16(22)8-15(9-17(20)23)32(24,29)30)27(19)11-14-10-26(13(2)28)5-6-31-14/h3-4,7-9,14H,5-6,10-11H2,1-2H3,(H2,24,29,30)/t14-/m1/s1. The maximum atomic E-state index is 15.0. The zero-order chi connectivity index (χ0) is 23.2. The van der Waals surface area contributed by atoms with E-state index in [4.69, 9.17) is 9.88 Å². The predicted molar refractivity (Wildman–Crippen MR) is 113 cm³/mol. The van der Waals surface area contributed by atoms with Gasteiger partial charge in [0, 0.05) is 20.0 Å². The number of amides is 1. The third-order valence-electron chi connectivity index (χ3n) is 5.44. The normalized spacial score (nSPS) is 17.2. The van der Waals surface area contributed by atoms with E-state index in [2.05, 4.69) is 4.98 Å². The number of rotatable bonds is 4. The second-order valence-corrected chi connectivity index (χ2v) is 9.36. The number of carbonyl (C=O) groups excluding carboxylic acids is 1.